The van der Waals surface area contributed by atoms with E-state index in [1.807, 2.05) is 6.92 Å². The Morgan fingerprint density at radius 1 is 1.48 bits per heavy atom. The van der Waals surface area contributed by atoms with Crippen LogP contribution >= 0.6 is 0 Å². The molecule has 1 aromatic rings. The van der Waals surface area contributed by atoms with E-state index in [9.17, 15) is 9.59 Å². The normalized spacial score (nSPS) is 24.7. The maximum Gasteiger partial charge on any atom is 0.267 e. The van der Waals surface area contributed by atoms with Gasteiger partial charge in [0, 0.05) is 12.1 Å². The first-order valence-corrected chi connectivity index (χ1v) is 7.51. The first kappa shape index (κ1) is 14.1. The number of nitrogens with one attached hydrogen (secondary N) is 1. The lowest BCUT2D eigenvalue weighted by Crippen LogP contribution is -2.44. The summed E-state index contributed by atoms with van der Waals surface area (Å²) >= 11 is 0. The summed E-state index contributed by atoms with van der Waals surface area (Å²) in [4.78, 5) is 26.3. The average molecular weight is 288 g/mol. The molecule has 0 aromatic heterocycles. The molecular formula is C16H20N2O3. The van der Waals surface area contributed by atoms with Gasteiger partial charge in [-0.25, -0.2) is 0 Å². The highest BCUT2D eigenvalue weighted by molar-refractivity contribution is 6.04. The number of hydrogen-bond donors (Lipinski definition) is 1. The molecule has 5 heteroatoms. The quantitative estimate of drug-likeness (QED) is 0.861. The van der Waals surface area contributed by atoms with Crippen molar-refractivity contribution in [2.45, 2.75) is 38.8 Å². The molecule has 0 radical (unpaired) electrons. The van der Waals surface area contributed by atoms with Gasteiger partial charge in [0.25, 0.3) is 5.91 Å². The van der Waals surface area contributed by atoms with Gasteiger partial charge in [-0.05, 0) is 51.4 Å². The lowest BCUT2D eigenvalue weighted by molar-refractivity contribution is -0.125. The van der Waals surface area contributed by atoms with Crippen molar-refractivity contribution in [3.8, 4) is 5.75 Å². The Balaban J connectivity index is 1.94. The van der Waals surface area contributed by atoms with Gasteiger partial charge in [-0.15, -0.1) is 0 Å². The Hall–Kier alpha value is -1.88. The number of ketones is 1. The number of nitrogens with zero attached hydrogens (tertiary/aromatic N) is 1. The number of Topliss-reactive ketones (excluding diaryl/α,β-unsaturated/α-hetero) is 1. The molecule has 3 rings (SSSR count). The summed E-state index contributed by atoms with van der Waals surface area (Å²) in [6, 6.07) is 5.27. The molecule has 2 aliphatic rings. The second kappa shape index (κ2) is 5.48. The van der Waals surface area contributed by atoms with Gasteiger partial charge in [0.15, 0.2) is 11.9 Å². The van der Waals surface area contributed by atoms with E-state index in [-0.39, 0.29) is 17.7 Å². The zero-order valence-electron chi connectivity index (χ0n) is 12.4. The highest BCUT2D eigenvalue weighted by Crippen LogP contribution is 2.35. The summed E-state index contributed by atoms with van der Waals surface area (Å²) in [5.74, 6) is 0.700. The fourth-order valence-electron chi connectivity index (χ4n) is 3.00. The molecule has 1 saturated heterocycles. The molecule has 2 atom stereocenters. The maximum absolute atomic E-state index is 12.5. The number of rotatable bonds is 3. The number of likely N-dealkylation sites (N-methyl/N-ethyl adjacent to an activating group) is 1. The first-order valence-electron chi connectivity index (χ1n) is 7.51. The number of fused-ring (bicyclic) bond motifs is 1. The summed E-state index contributed by atoms with van der Waals surface area (Å²) < 4.78 is 5.62. The van der Waals surface area contributed by atoms with Crippen LogP contribution in [0.4, 0.5) is 5.69 Å². The minimum atomic E-state index is -0.476. The topological polar surface area (TPSA) is 58.6 Å². The highest BCUT2D eigenvalue weighted by Gasteiger charge is 2.32. The molecule has 1 aromatic carbocycles. The molecule has 5 nitrogen and oxygen atoms in total. The summed E-state index contributed by atoms with van der Waals surface area (Å²) in [6.07, 6.45) is 1.43. The minimum absolute atomic E-state index is 0.0615. The molecular weight excluding hydrogens is 268 g/mol. The molecule has 1 amide bonds. The Morgan fingerprint density at radius 3 is 2.95 bits per heavy atom. The predicted octanol–water partition coefficient (Wildman–Crippen LogP) is 1.76. The zero-order valence-corrected chi connectivity index (χ0v) is 12.4. The standard InChI is InChI=1S/C16H20N2O3/c1-3-18-13-9-11(15(19)12-5-4-8-17-12)6-7-14(13)21-10(2)16(18)20/h6-7,9-10,12,17H,3-5,8H2,1-2H3. The van der Waals surface area contributed by atoms with Crippen molar-refractivity contribution in [2.24, 2.45) is 0 Å². The molecule has 21 heavy (non-hydrogen) atoms. The molecule has 0 aliphatic carbocycles. The number of ether oxygens (including phenoxy) is 1. The van der Waals surface area contributed by atoms with Gasteiger partial charge in [-0.2, -0.15) is 0 Å². The molecule has 0 saturated carbocycles. The molecule has 1 N–H and O–H groups in total. The van der Waals surface area contributed by atoms with E-state index in [1.165, 1.54) is 0 Å². The van der Waals surface area contributed by atoms with E-state index in [2.05, 4.69) is 5.32 Å². The summed E-state index contributed by atoms with van der Waals surface area (Å²) in [7, 11) is 0. The SMILES string of the molecule is CCN1C(=O)C(C)Oc2ccc(C(=O)C3CCCN3)cc21. The molecule has 112 valence electrons. The van der Waals surface area contributed by atoms with E-state index < -0.39 is 6.10 Å². The van der Waals surface area contributed by atoms with E-state index >= 15 is 0 Å². The number of amides is 1. The van der Waals surface area contributed by atoms with Crippen LogP contribution in [0.2, 0.25) is 0 Å². The van der Waals surface area contributed by atoms with Gasteiger partial charge in [0.1, 0.15) is 5.75 Å². The van der Waals surface area contributed by atoms with Crippen molar-refractivity contribution in [3.05, 3.63) is 23.8 Å². The molecule has 0 bridgehead atoms. The van der Waals surface area contributed by atoms with E-state index in [0.29, 0.717) is 23.5 Å². The Labute approximate surface area is 124 Å². The van der Waals surface area contributed by atoms with Crippen LogP contribution in [0.1, 0.15) is 37.0 Å². The highest BCUT2D eigenvalue weighted by atomic mass is 16.5. The monoisotopic (exact) mass is 288 g/mol. The van der Waals surface area contributed by atoms with Crippen LogP contribution < -0.4 is 15.0 Å². The van der Waals surface area contributed by atoms with E-state index in [0.717, 1.165) is 19.4 Å². The van der Waals surface area contributed by atoms with Gasteiger partial charge < -0.3 is 15.0 Å². The average Bonchev–Trinajstić information content (AvgIpc) is 3.02. The Morgan fingerprint density at radius 2 is 2.29 bits per heavy atom. The number of benzene rings is 1. The van der Waals surface area contributed by atoms with Crippen molar-refractivity contribution >= 4 is 17.4 Å². The second-order valence-corrected chi connectivity index (χ2v) is 5.54. The second-order valence-electron chi connectivity index (χ2n) is 5.54. The molecule has 1 fully saturated rings. The maximum atomic E-state index is 12.5. The number of hydrogen-bond acceptors (Lipinski definition) is 4. The molecule has 2 heterocycles. The van der Waals surface area contributed by atoms with E-state index in [4.69, 9.17) is 4.74 Å². The molecule has 2 aliphatic heterocycles. The van der Waals surface area contributed by atoms with Crippen molar-refractivity contribution in [2.75, 3.05) is 18.0 Å². The Bertz CT molecular complexity index is 579. The van der Waals surface area contributed by atoms with E-state index in [1.54, 1.807) is 30.0 Å². The van der Waals surface area contributed by atoms with Crippen LogP contribution in [0, 0.1) is 0 Å². The zero-order chi connectivity index (χ0) is 15.0. The summed E-state index contributed by atoms with van der Waals surface area (Å²) in [5, 5.41) is 3.21. The van der Waals surface area contributed by atoms with Gasteiger partial charge in [-0.1, -0.05) is 0 Å². The van der Waals surface area contributed by atoms with Crippen LogP contribution in [0.15, 0.2) is 18.2 Å². The Kier molecular flexibility index (Phi) is 3.68. The van der Waals surface area contributed by atoms with Crippen LogP contribution in [-0.2, 0) is 4.79 Å². The number of anilines is 1. The number of carbonyl (C=O) groups excluding carboxylic acids is 2. The van der Waals surface area contributed by atoms with Gasteiger partial charge in [0.05, 0.1) is 11.7 Å². The third-order valence-corrected chi connectivity index (χ3v) is 4.14. The smallest absolute Gasteiger partial charge is 0.267 e. The van der Waals surface area contributed by atoms with Crippen molar-refractivity contribution < 1.29 is 14.3 Å². The fourth-order valence-corrected chi connectivity index (χ4v) is 3.00. The fraction of sp³-hybridized carbons (Fsp3) is 0.500. The van der Waals surface area contributed by atoms with Gasteiger partial charge in [0.2, 0.25) is 0 Å². The third kappa shape index (κ3) is 2.42. The minimum Gasteiger partial charge on any atom is -0.479 e. The molecule has 0 spiro atoms. The lowest BCUT2D eigenvalue weighted by Gasteiger charge is -2.32. The summed E-state index contributed by atoms with van der Waals surface area (Å²) in [6.45, 7) is 5.13. The number of carbonyl (C=O) groups is 2. The van der Waals surface area contributed by atoms with Crippen LogP contribution in [0.3, 0.4) is 0 Å². The van der Waals surface area contributed by atoms with Gasteiger partial charge in [-0.3, -0.25) is 9.59 Å². The van der Waals surface area contributed by atoms with Crippen LogP contribution in [-0.4, -0.2) is 36.9 Å². The van der Waals surface area contributed by atoms with Crippen LogP contribution in [0.5, 0.6) is 5.75 Å². The molecule has 2 unspecified atom stereocenters. The third-order valence-electron chi connectivity index (χ3n) is 4.14. The predicted molar refractivity (Wildman–Crippen MR) is 79.9 cm³/mol. The van der Waals surface area contributed by atoms with Crippen molar-refractivity contribution in [1.82, 2.24) is 5.32 Å². The summed E-state index contributed by atoms with van der Waals surface area (Å²) in [5.41, 5.74) is 1.34. The van der Waals surface area contributed by atoms with Crippen LogP contribution in [0.25, 0.3) is 0 Å². The van der Waals surface area contributed by atoms with Gasteiger partial charge >= 0.3 is 0 Å². The lowest BCUT2D eigenvalue weighted by atomic mass is 10.0. The largest absolute Gasteiger partial charge is 0.479 e. The van der Waals surface area contributed by atoms with Crippen molar-refractivity contribution in [1.29, 1.82) is 0 Å². The first-order chi connectivity index (χ1) is 10.1. The van der Waals surface area contributed by atoms with Crippen molar-refractivity contribution in [3.63, 3.8) is 0 Å².